The third-order valence-electron chi connectivity index (χ3n) is 5.83. The molecule has 6 heteroatoms. The van der Waals surface area contributed by atoms with Gasteiger partial charge in [0.2, 0.25) is 5.91 Å². The first-order valence-corrected chi connectivity index (χ1v) is 10.9. The average Bonchev–Trinajstić information content (AvgIpc) is 3.26. The predicted molar refractivity (Wildman–Crippen MR) is 118 cm³/mol. The van der Waals surface area contributed by atoms with Crippen LogP contribution in [0.15, 0.2) is 42.5 Å². The summed E-state index contributed by atoms with van der Waals surface area (Å²) < 4.78 is 19.1. The summed E-state index contributed by atoms with van der Waals surface area (Å²) in [5, 5.41) is 3.07. The molecule has 0 heterocycles. The largest absolute Gasteiger partial charge is 0.483 e. The summed E-state index contributed by atoms with van der Waals surface area (Å²) in [5.41, 5.74) is 2.73. The van der Waals surface area contributed by atoms with Crippen molar-refractivity contribution in [3.63, 3.8) is 0 Å². The Kier molecular flexibility index (Phi) is 7.66. The molecule has 166 valence electrons. The third kappa shape index (κ3) is 6.29. The van der Waals surface area contributed by atoms with Crippen LogP contribution in [-0.2, 0) is 16.1 Å². The Morgan fingerprint density at radius 2 is 1.81 bits per heavy atom. The summed E-state index contributed by atoms with van der Waals surface area (Å²) in [4.78, 5) is 27.5. The van der Waals surface area contributed by atoms with E-state index in [2.05, 4.69) is 5.32 Å². The number of rotatable bonds is 8. The van der Waals surface area contributed by atoms with Crippen molar-refractivity contribution in [3.05, 3.63) is 65.0 Å². The van der Waals surface area contributed by atoms with Crippen molar-refractivity contribution in [2.75, 3.05) is 6.61 Å². The zero-order valence-corrected chi connectivity index (χ0v) is 18.5. The van der Waals surface area contributed by atoms with Crippen molar-refractivity contribution in [1.29, 1.82) is 0 Å². The number of hydrogen-bond donors (Lipinski definition) is 1. The molecule has 0 bridgehead atoms. The number of hydrogen-bond acceptors (Lipinski definition) is 3. The van der Waals surface area contributed by atoms with Gasteiger partial charge in [-0.15, -0.1) is 0 Å². The molecule has 0 aliphatic heterocycles. The lowest BCUT2D eigenvalue weighted by molar-refractivity contribution is -0.142. The molecule has 1 saturated carbocycles. The van der Waals surface area contributed by atoms with Crippen LogP contribution in [0.3, 0.4) is 0 Å². The van der Waals surface area contributed by atoms with E-state index in [4.69, 9.17) is 4.74 Å². The number of carbonyl (C=O) groups is 2. The summed E-state index contributed by atoms with van der Waals surface area (Å²) in [6.07, 6.45) is 4.17. The monoisotopic (exact) mass is 426 g/mol. The summed E-state index contributed by atoms with van der Waals surface area (Å²) >= 11 is 0. The van der Waals surface area contributed by atoms with Gasteiger partial charge in [0.15, 0.2) is 6.61 Å². The Morgan fingerprint density at radius 3 is 2.48 bits per heavy atom. The maximum absolute atomic E-state index is 13.3. The zero-order valence-electron chi connectivity index (χ0n) is 18.5. The molecule has 1 fully saturated rings. The summed E-state index contributed by atoms with van der Waals surface area (Å²) in [5.74, 6) is -0.154. The quantitative estimate of drug-likeness (QED) is 0.685. The Bertz CT molecular complexity index is 907. The van der Waals surface area contributed by atoms with Crippen LogP contribution in [0.5, 0.6) is 5.75 Å². The second-order valence-electron chi connectivity index (χ2n) is 8.37. The van der Waals surface area contributed by atoms with Crippen LogP contribution >= 0.6 is 0 Å². The molecule has 2 aromatic rings. The first-order chi connectivity index (χ1) is 14.8. The number of nitrogens with zero attached hydrogens (tertiary/aromatic N) is 1. The van der Waals surface area contributed by atoms with Crippen LogP contribution in [-0.4, -0.2) is 35.4 Å². The van der Waals surface area contributed by atoms with E-state index in [1.807, 2.05) is 32.0 Å². The highest BCUT2D eigenvalue weighted by atomic mass is 19.1. The first-order valence-electron chi connectivity index (χ1n) is 10.9. The van der Waals surface area contributed by atoms with E-state index in [1.54, 1.807) is 19.1 Å². The molecular formula is C25H31FN2O3. The molecule has 3 rings (SSSR count). The molecular weight excluding hydrogens is 395 g/mol. The minimum absolute atomic E-state index is 0.170. The lowest BCUT2D eigenvalue weighted by atomic mass is 10.1. The predicted octanol–water partition coefficient (Wildman–Crippen LogP) is 4.30. The highest BCUT2D eigenvalue weighted by molar-refractivity contribution is 5.88. The van der Waals surface area contributed by atoms with E-state index in [-0.39, 0.29) is 36.8 Å². The summed E-state index contributed by atoms with van der Waals surface area (Å²) in [7, 11) is 0. The van der Waals surface area contributed by atoms with E-state index in [9.17, 15) is 14.0 Å². The van der Waals surface area contributed by atoms with Crippen molar-refractivity contribution < 1.29 is 18.7 Å². The van der Waals surface area contributed by atoms with Crippen molar-refractivity contribution in [2.24, 2.45) is 0 Å². The molecule has 0 radical (unpaired) electrons. The maximum atomic E-state index is 13.3. The van der Waals surface area contributed by atoms with Crippen LogP contribution in [0.1, 0.15) is 49.3 Å². The van der Waals surface area contributed by atoms with Crippen LogP contribution in [0, 0.1) is 19.7 Å². The lowest BCUT2D eigenvalue weighted by Gasteiger charge is -2.29. The SMILES string of the molecule is Cc1ccc(C)c(OCC(=O)N(Cc2ccc(F)cc2)C(C)C(=O)NC2CCCC2)c1. The van der Waals surface area contributed by atoms with Crippen LogP contribution in [0.25, 0.3) is 0 Å². The fraction of sp³-hybridized carbons (Fsp3) is 0.440. The second-order valence-corrected chi connectivity index (χ2v) is 8.37. The number of ether oxygens (including phenoxy) is 1. The minimum Gasteiger partial charge on any atom is -0.483 e. The number of carbonyl (C=O) groups excluding carboxylic acids is 2. The van der Waals surface area contributed by atoms with E-state index >= 15 is 0 Å². The Morgan fingerprint density at radius 1 is 1.13 bits per heavy atom. The van der Waals surface area contributed by atoms with Gasteiger partial charge in [0, 0.05) is 12.6 Å². The van der Waals surface area contributed by atoms with Gasteiger partial charge in [-0.3, -0.25) is 9.59 Å². The van der Waals surface area contributed by atoms with E-state index in [1.165, 1.54) is 17.0 Å². The lowest BCUT2D eigenvalue weighted by Crippen LogP contribution is -2.50. The van der Waals surface area contributed by atoms with E-state index in [0.717, 1.165) is 42.4 Å². The second kappa shape index (κ2) is 10.4. The topological polar surface area (TPSA) is 58.6 Å². The van der Waals surface area contributed by atoms with E-state index < -0.39 is 6.04 Å². The molecule has 2 aromatic carbocycles. The normalized spacial score (nSPS) is 14.8. The van der Waals surface area contributed by atoms with Gasteiger partial charge < -0.3 is 15.0 Å². The molecule has 1 atom stereocenters. The summed E-state index contributed by atoms with van der Waals surface area (Å²) in [6, 6.07) is 11.3. The highest BCUT2D eigenvalue weighted by Crippen LogP contribution is 2.21. The number of nitrogens with one attached hydrogen (secondary N) is 1. The smallest absolute Gasteiger partial charge is 0.261 e. The Labute approximate surface area is 183 Å². The van der Waals surface area contributed by atoms with Gasteiger partial charge >= 0.3 is 0 Å². The Balaban J connectivity index is 1.72. The fourth-order valence-electron chi connectivity index (χ4n) is 3.85. The molecule has 0 saturated heterocycles. The number of halogens is 1. The van der Waals surface area contributed by atoms with Gasteiger partial charge in [-0.25, -0.2) is 4.39 Å². The number of benzene rings is 2. The molecule has 1 aliphatic carbocycles. The van der Waals surface area contributed by atoms with E-state index in [0.29, 0.717) is 5.75 Å². The van der Waals surface area contributed by atoms with Gasteiger partial charge in [0.05, 0.1) is 0 Å². The Hall–Kier alpha value is -2.89. The van der Waals surface area contributed by atoms with Gasteiger partial charge in [0.25, 0.3) is 5.91 Å². The number of amides is 2. The molecule has 0 spiro atoms. The van der Waals surface area contributed by atoms with Crippen molar-refractivity contribution in [2.45, 2.75) is 65.1 Å². The van der Waals surface area contributed by atoms with Gasteiger partial charge in [0.1, 0.15) is 17.6 Å². The summed E-state index contributed by atoms with van der Waals surface area (Å²) in [6.45, 7) is 5.64. The maximum Gasteiger partial charge on any atom is 0.261 e. The molecule has 0 aromatic heterocycles. The van der Waals surface area contributed by atoms with Crippen molar-refractivity contribution in [1.82, 2.24) is 10.2 Å². The van der Waals surface area contributed by atoms with Gasteiger partial charge in [-0.2, -0.15) is 0 Å². The van der Waals surface area contributed by atoms with Crippen LogP contribution in [0.4, 0.5) is 4.39 Å². The molecule has 1 aliphatic rings. The zero-order chi connectivity index (χ0) is 22.4. The van der Waals surface area contributed by atoms with Crippen LogP contribution < -0.4 is 10.1 Å². The molecule has 1 unspecified atom stereocenters. The molecule has 2 amide bonds. The molecule has 5 nitrogen and oxygen atoms in total. The average molecular weight is 427 g/mol. The van der Waals surface area contributed by atoms with Crippen molar-refractivity contribution >= 4 is 11.8 Å². The standard InChI is InChI=1S/C25H31FN2O3/c1-17-8-9-18(2)23(14-17)31-16-24(29)28(15-20-10-12-21(26)13-11-20)19(3)25(30)27-22-6-4-5-7-22/h8-14,19,22H,4-7,15-16H2,1-3H3,(H,27,30). The van der Waals surface area contributed by atoms with Gasteiger partial charge in [-0.05, 0) is 68.5 Å². The first kappa shape index (κ1) is 22.8. The highest BCUT2D eigenvalue weighted by Gasteiger charge is 2.28. The van der Waals surface area contributed by atoms with Gasteiger partial charge in [-0.1, -0.05) is 37.1 Å². The third-order valence-corrected chi connectivity index (χ3v) is 5.83. The minimum atomic E-state index is -0.666. The van der Waals surface area contributed by atoms with Crippen molar-refractivity contribution in [3.8, 4) is 5.75 Å². The fourth-order valence-corrected chi connectivity index (χ4v) is 3.85. The number of aryl methyl sites for hydroxylation is 2. The molecule has 1 N–H and O–H groups in total. The van der Waals surface area contributed by atoms with Crippen LogP contribution in [0.2, 0.25) is 0 Å². The molecule has 31 heavy (non-hydrogen) atoms.